The van der Waals surface area contributed by atoms with Crippen molar-refractivity contribution in [3.8, 4) is 5.69 Å². The Balaban J connectivity index is 1.57. The number of thiocarbonyl (C=S) groups is 1. The van der Waals surface area contributed by atoms with Crippen LogP contribution in [-0.2, 0) is 4.74 Å². The van der Waals surface area contributed by atoms with Gasteiger partial charge in [0, 0.05) is 13.2 Å². The van der Waals surface area contributed by atoms with Gasteiger partial charge >= 0.3 is 0 Å². The molecule has 1 unspecified atom stereocenters. The second-order valence-electron chi connectivity index (χ2n) is 5.46. The first kappa shape index (κ1) is 16.5. The van der Waals surface area contributed by atoms with Crippen molar-refractivity contribution >= 4 is 23.0 Å². The number of aromatic nitrogens is 4. The Kier molecular flexibility index (Phi) is 5.44. The highest BCUT2D eigenvalue weighted by molar-refractivity contribution is 7.80. The average Bonchev–Trinajstić information content (AvgIpc) is 3.31. The molecular weight excluding hydrogens is 326 g/mol. The van der Waals surface area contributed by atoms with Gasteiger partial charge in [-0.1, -0.05) is 12.1 Å². The first-order chi connectivity index (χ1) is 11.7. The number of nitrogens with one attached hydrogen (secondary N) is 2. The molecule has 0 aliphatic carbocycles. The van der Waals surface area contributed by atoms with E-state index in [2.05, 4.69) is 31.4 Å². The van der Waals surface area contributed by atoms with Gasteiger partial charge in [0.2, 0.25) is 0 Å². The molecule has 24 heavy (non-hydrogen) atoms. The zero-order chi connectivity index (χ0) is 16.8. The quantitative estimate of drug-likeness (QED) is 0.475. The summed E-state index contributed by atoms with van der Waals surface area (Å²) in [5, 5.41) is 19.1. The van der Waals surface area contributed by atoms with Crippen LogP contribution in [0.25, 0.3) is 5.69 Å². The number of hydrogen-bond donors (Lipinski definition) is 2. The largest absolute Gasteiger partial charge is 0.376 e. The third-order valence-electron chi connectivity index (χ3n) is 3.72. The first-order valence-corrected chi connectivity index (χ1v) is 8.17. The Morgan fingerprint density at radius 3 is 3.17 bits per heavy atom. The van der Waals surface area contributed by atoms with Crippen molar-refractivity contribution in [1.82, 2.24) is 30.9 Å². The fourth-order valence-corrected chi connectivity index (χ4v) is 2.53. The maximum atomic E-state index is 5.54. The minimum Gasteiger partial charge on any atom is -0.376 e. The van der Waals surface area contributed by atoms with E-state index in [1.165, 1.54) is 0 Å². The van der Waals surface area contributed by atoms with Gasteiger partial charge in [0.05, 0.1) is 17.5 Å². The normalized spacial score (nSPS) is 17.7. The summed E-state index contributed by atoms with van der Waals surface area (Å²) in [4.78, 5) is 0. The van der Waals surface area contributed by atoms with Crippen LogP contribution >= 0.6 is 12.2 Å². The summed E-state index contributed by atoms with van der Waals surface area (Å²) in [6, 6.07) is 7.78. The van der Waals surface area contributed by atoms with Crippen LogP contribution < -0.4 is 10.7 Å². The predicted octanol–water partition coefficient (Wildman–Crippen LogP) is 1.03. The molecule has 1 aliphatic heterocycles. The summed E-state index contributed by atoms with van der Waals surface area (Å²) in [6.45, 7) is 3.45. The van der Waals surface area contributed by atoms with Crippen molar-refractivity contribution in [3.63, 3.8) is 0 Å². The molecule has 3 rings (SSSR count). The van der Waals surface area contributed by atoms with Crippen LogP contribution in [0, 0.1) is 0 Å². The Morgan fingerprint density at radius 2 is 2.42 bits per heavy atom. The molecule has 2 heterocycles. The Labute approximate surface area is 145 Å². The standard InChI is InChI=1S/C15H19N7OS/c1-11(18-19-15(24)16-9-14-6-3-7-23-14)12-4-2-5-13(8-12)22-10-17-20-21-22/h2,4-5,8,10,14H,3,6-7,9H2,1H3,(H2,16,19,24)/b18-11+. The van der Waals surface area contributed by atoms with Gasteiger partial charge in [-0.25, -0.2) is 4.68 Å². The molecule has 0 spiro atoms. The van der Waals surface area contributed by atoms with Gasteiger partial charge in [-0.15, -0.1) is 5.10 Å². The van der Waals surface area contributed by atoms with Crippen molar-refractivity contribution in [2.45, 2.75) is 25.9 Å². The van der Waals surface area contributed by atoms with Gasteiger partial charge in [0.25, 0.3) is 0 Å². The van der Waals surface area contributed by atoms with Crippen molar-refractivity contribution in [2.24, 2.45) is 5.10 Å². The fourth-order valence-electron chi connectivity index (χ4n) is 2.40. The van der Waals surface area contributed by atoms with Gasteiger partial charge in [-0.3, -0.25) is 5.43 Å². The lowest BCUT2D eigenvalue weighted by molar-refractivity contribution is 0.114. The highest BCUT2D eigenvalue weighted by Crippen LogP contribution is 2.11. The van der Waals surface area contributed by atoms with E-state index in [0.29, 0.717) is 11.7 Å². The summed E-state index contributed by atoms with van der Waals surface area (Å²) in [7, 11) is 0. The van der Waals surface area contributed by atoms with Crippen LogP contribution in [-0.4, -0.2) is 50.3 Å². The zero-order valence-corrected chi connectivity index (χ0v) is 14.2. The van der Waals surface area contributed by atoms with E-state index >= 15 is 0 Å². The zero-order valence-electron chi connectivity index (χ0n) is 13.3. The minimum atomic E-state index is 0.239. The molecular formula is C15H19N7OS. The predicted molar refractivity (Wildman–Crippen MR) is 94.1 cm³/mol. The van der Waals surface area contributed by atoms with Crippen molar-refractivity contribution in [1.29, 1.82) is 0 Å². The van der Waals surface area contributed by atoms with Gasteiger partial charge in [0.15, 0.2) is 5.11 Å². The lowest BCUT2D eigenvalue weighted by Crippen LogP contribution is -2.37. The monoisotopic (exact) mass is 345 g/mol. The Hall–Kier alpha value is -2.39. The summed E-state index contributed by atoms with van der Waals surface area (Å²) < 4.78 is 7.14. The van der Waals surface area contributed by atoms with Crippen LogP contribution in [0.1, 0.15) is 25.3 Å². The molecule has 1 aromatic carbocycles. The first-order valence-electron chi connectivity index (χ1n) is 7.76. The molecule has 2 aromatic rings. The number of hydrazone groups is 1. The number of rotatable bonds is 5. The molecule has 0 saturated carbocycles. The van der Waals surface area contributed by atoms with Crippen LogP contribution in [0.2, 0.25) is 0 Å². The Bertz CT molecular complexity index is 710. The average molecular weight is 345 g/mol. The van der Waals surface area contributed by atoms with Crippen molar-refractivity contribution in [2.75, 3.05) is 13.2 Å². The van der Waals surface area contributed by atoms with E-state index in [4.69, 9.17) is 17.0 Å². The maximum absolute atomic E-state index is 5.54. The second-order valence-corrected chi connectivity index (χ2v) is 5.87. The van der Waals surface area contributed by atoms with E-state index in [0.717, 1.165) is 36.4 Å². The third-order valence-corrected chi connectivity index (χ3v) is 3.95. The molecule has 126 valence electrons. The van der Waals surface area contributed by atoms with E-state index in [-0.39, 0.29) is 6.10 Å². The Morgan fingerprint density at radius 1 is 1.50 bits per heavy atom. The van der Waals surface area contributed by atoms with Crippen molar-refractivity contribution in [3.05, 3.63) is 36.2 Å². The molecule has 1 aromatic heterocycles. The van der Waals surface area contributed by atoms with E-state index in [9.17, 15) is 0 Å². The molecule has 9 heteroatoms. The molecule has 0 bridgehead atoms. The van der Waals surface area contributed by atoms with E-state index in [1.54, 1.807) is 11.0 Å². The van der Waals surface area contributed by atoms with E-state index < -0.39 is 0 Å². The van der Waals surface area contributed by atoms with Crippen LogP contribution in [0.4, 0.5) is 0 Å². The molecule has 0 radical (unpaired) electrons. The summed E-state index contributed by atoms with van der Waals surface area (Å²) >= 11 is 5.23. The minimum absolute atomic E-state index is 0.239. The number of tetrazole rings is 1. The molecule has 1 saturated heterocycles. The lowest BCUT2D eigenvalue weighted by Gasteiger charge is -2.12. The highest BCUT2D eigenvalue weighted by atomic mass is 32.1. The van der Waals surface area contributed by atoms with Gasteiger partial charge in [0.1, 0.15) is 6.33 Å². The number of benzene rings is 1. The molecule has 1 aliphatic rings. The maximum Gasteiger partial charge on any atom is 0.187 e. The molecule has 1 atom stereocenters. The van der Waals surface area contributed by atoms with Gasteiger partial charge in [-0.05, 0) is 60.1 Å². The SMILES string of the molecule is C/C(=N\NC(=S)NCC1CCCO1)c1cccc(-n2cnnn2)c1. The van der Waals surface area contributed by atoms with Gasteiger partial charge < -0.3 is 10.1 Å². The summed E-state index contributed by atoms with van der Waals surface area (Å²) in [5.74, 6) is 0. The summed E-state index contributed by atoms with van der Waals surface area (Å²) in [6.07, 6.45) is 3.97. The third kappa shape index (κ3) is 4.33. The van der Waals surface area contributed by atoms with Crippen LogP contribution in [0.3, 0.4) is 0 Å². The second kappa shape index (κ2) is 7.93. The van der Waals surface area contributed by atoms with Gasteiger partial charge in [-0.2, -0.15) is 5.10 Å². The molecule has 1 fully saturated rings. The highest BCUT2D eigenvalue weighted by Gasteiger charge is 2.15. The molecule has 8 nitrogen and oxygen atoms in total. The van der Waals surface area contributed by atoms with E-state index in [1.807, 2.05) is 31.2 Å². The van der Waals surface area contributed by atoms with Crippen molar-refractivity contribution < 1.29 is 4.74 Å². The van der Waals surface area contributed by atoms with Crippen LogP contribution in [0.15, 0.2) is 35.7 Å². The lowest BCUT2D eigenvalue weighted by atomic mass is 10.1. The number of ether oxygens (including phenoxy) is 1. The van der Waals surface area contributed by atoms with Crippen LogP contribution in [0.5, 0.6) is 0 Å². The topological polar surface area (TPSA) is 89.3 Å². The fraction of sp³-hybridized carbons (Fsp3) is 0.400. The number of nitrogens with zero attached hydrogens (tertiary/aromatic N) is 5. The molecule has 0 amide bonds. The number of hydrogen-bond acceptors (Lipinski definition) is 6. The smallest absolute Gasteiger partial charge is 0.187 e. The summed E-state index contributed by atoms with van der Waals surface area (Å²) in [5.41, 5.74) is 5.50. The molecule has 2 N–H and O–H groups in total.